The Bertz CT molecular complexity index is 764. The van der Waals surface area contributed by atoms with E-state index in [0.29, 0.717) is 5.56 Å². The van der Waals surface area contributed by atoms with Gasteiger partial charge in [0.05, 0.1) is 5.52 Å². The Kier molecular flexibility index (Phi) is 3.64. The number of hydrogen-bond acceptors (Lipinski definition) is 2. The molecule has 0 saturated carbocycles. The van der Waals surface area contributed by atoms with Gasteiger partial charge in [-0.2, -0.15) is 0 Å². The lowest BCUT2D eigenvalue weighted by Gasteiger charge is -2.07. The molecule has 20 heavy (non-hydrogen) atoms. The molecule has 3 aromatic rings. The predicted octanol–water partition coefficient (Wildman–Crippen LogP) is 4.09. The molecule has 0 aliphatic rings. The van der Waals surface area contributed by atoms with Gasteiger partial charge in [-0.3, -0.25) is 9.78 Å². The van der Waals surface area contributed by atoms with E-state index >= 15 is 0 Å². The maximum atomic E-state index is 12.4. The van der Waals surface area contributed by atoms with Gasteiger partial charge in [-0.1, -0.05) is 12.1 Å². The van der Waals surface area contributed by atoms with Crippen molar-refractivity contribution in [3.63, 3.8) is 0 Å². The van der Waals surface area contributed by atoms with Crippen molar-refractivity contribution in [1.82, 2.24) is 4.98 Å². The highest BCUT2D eigenvalue weighted by Gasteiger charge is 2.10. The molecule has 1 N–H and O–H groups in total. The summed E-state index contributed by atoms with van der Waals surface area (Å²) in [5.74, 6) is -0.121. The van der Waals surface area contributed by atoms with Gasteiger partial charge in [0.1, 0.15) is 0 Å². The van der Waals surface area contributed by atoms with Crippen LogP contribution in [0.2, 0.25) is 0 Å². The summed E-state index contributed by atoms with van der Waals surface area (Å²) in [7, 11) is 0. The number of hydrogen-bond donors (Lipinski definition) is 1. The zero-order valence-electron chi connectivity index (χ0n) is 10.5. The molecular weight excluding hydrogens is 363 g/mol. The van der Waals surface area contributed by atoms with E-state index in [9.17, 15) is 4.79 Å². The molecule has 3 nitrogen and oxygen atoms in total. The summed E-state index contributed by atoms with van der Waals surface area (Å²) in [6.45, 7) is 0. The summed E-state index contributed by atoms with van der Waals surface area (Å²) in [6.07, 6.45) is 1.73. The van der Waals surface area contributed by atoms with Crippen LogP contribution in [-0.4, -0.2) is 10.9 Å². The molecule has 98 valence electrons. The molecule has 0 aliphatic heterocycles. The van der Waals surface area contributed by atoms with Crippen molar-refractivity contribution in [3.8, 4) is 0 Å². The third-order valence-electron chi connectivity index (χ3n) is 2.99. The standard InChI is InChI=1S/C16H11IN2O/c17-11-6-8-12(9-7-11)19-16(20)14-3-1-5-15-13(14)4-2-10-18-15/h1-10H,(H,19,20). The normalized spacial score (nSPS) is 10.4. The fourth-order valence-corrected chi connectivity index (χ4v) is 2.39. The summed E-state index contributed by atoms with van der Waals surface area (Å²) in [6, 6.07) is 17.0. The third-order valence-corrected chi connectivity index (χ3v) is 3.71. The number of rotatable bonds is 2. The minimum Gasteiger partial charge on any atom is -0.322 e. The minimum absolute atomic E-state index is 0.121. The molecule has 0 radical (unpaired) electrons. The third kappa shape index (κ3) is 2.65. The molecular formula is C16H11IN2O. The maximum Gasteiger partial charge on any atom is 0.256 e. The average Bonchev–Trinajstić information content (AvgIpc) is 2.49. The molecule has 1 amide bonds. The quantitative estimate of drug-likeness (QED) is 0.687. The Morgan fingerprint density at radius 2 is 1.80 bits per heavy atom. The van der Waals surface area contributed by atoms with E-state index in [-0.39, 0.29) is 5.91 Å². The maximum absolute atomic E-state index is 12.4. The van der Waals surface area contributed by atoms with Crippen molar-refractivity contribution >= 4 is 45.1 Å². The van der Waals surface area contributed by atoms with Crippen LogP contribution in [0, 0.1) is 3.57 Å². The molecule has 4 heteroatoms. The van der Waals surface area contributed by atoms with Gasteiger partial charge < -0.3 is 5.32 Å². The number of aromatic nitrogens is 1. The monoisotopic (exact) mass is 374 g/mol. The number of nitrogens with one attached hydrogen (secondary N) is 1. The van der Waals surface area contributed by atoms with Crippen LogP contribution in [0.3, 0.4) is 0 Å². The summed E-state index contributed by atoms with van der Waals surface area (Å²) < 4.78 is 1.13. The highest BCUT2D eigenvalue weighted by molar-refractivity contribution is 14.1. The zero-order chi connectivity index (χ0) is 13.9. The Balaban J connectivity index is 1.94. The van der Waals surface area contributed by atoms with E-state index in [4.69, 9.17) is 0 Å². The van der Waals surface area contributed by atoms with Crippen LogP contribution >= 0.6 is 22.6 Å². The number of anilines is 1. The fraction of sp³-hybridized carbons (Fsp3) is 0. The number of benzene rings is 2. The lowest BCUT2D eigenvalue weighted by atomic mass is 10.1. The zero-order valence-corrected chi connectivity index (χ0v) is 12.7. The minimum atomic E-state index is -0.121. The second kappa shape index (κ2) is 5.58. The topological polar surface area (TPSA) is 42.0 Å². The van der Waals surface area contributed by atoms with Gasteiger partial charge in [-0.05, 0) is 65.1 Å². The highest BCUT2D eigenvalue weighted by Crippen LogP contribution is 2.18. The van der Waals surface area contributed by atoms with E-state index in [1.807, 2.05) is 54.6 Å². The smallest absolute Gasteiger partial charge is 0.256 e. The molecule has 0 spiro atoms. The van der Waals surface area contributed by atoms with Gasteiger partial charge in [-0.25, -0.2) is 0 Å². The lowest BCUT2D eigenvalue weighted by molar-refractivity contribution is 0.102. The molecule has 0 aliphatic carbocycles. The van der Waals surface area contributed by atoms with Gasteiger partial charge >= 0.3 is 0 Å². The molecule has 0 fully saturated rings. The Morgan fingerprint density at radius 3 is 2.60 bits per heavy atom. The first-order valence-electron chi connectivity index (χ1n) is 6.15. The lowest BCUT2D eigenvalue weighted by Crippen LogP contribution is -2.12. The van der Waals surface area contributed by atoms with E-state index in [0.717, 1.165) is 20.2 Å². The summed E-state index contributed by atoms with van der Waals surface area (Å²) in [4.78, 5) is 16.6. The van der Waals surface area contributed by atoms with Gasteiger partial charge in [0, 0.05) is 26.4 Å². The van der Waals surface area contributed by atoms with Crippen LogP contribution in [-0.2, 0) is 0 Å². The number of carbonyl (C=O) groups is 1. The van der Waals surface area contributed by atoms with Crippen LogP contribution in [0.5, 0.6) is 0 Å². The largest absolute Gasteiger partial charge is 0.322 e. The SMILES string of the molecule is O=C(Nc1ccc(I)cc1)c1cccc2ncccc12. The molecule has 2 aromatic carbocycles. The van der Waals surface area contributed by atoms with Gasteiger partial charge in [0.15, 0.2) is 0 Å². The van der Waals surface area contributed by atoms with Crippen molar-refractivity contribution in [2.24, 2.45) is 0 Å². The fourth-order valence-electron chi connectivity index (χ4n) is 2.03. The Hall–Kier alpha value is -1.95. The highest BCUT2D eigenvalue weighted by atomic mass is 127. The average molecular weight is 374 g/mol. The van der Waals surface area contributed by atoms with Crippen LogP contribution < -0.4 is 5.32 Å². The number of nitrogens with zero attached hydrogens (tertiary/aromatic N) is 1. The van der Waals surface area contributed by atoms with Crippen LogP contribution in [0.1, 0.15) is 10.4 Å². The van der Waals surface area contributed by atoms with Gasteiger partial charge in [0.25, 0.3) is 5.91 Å². The molecule has 0 saturated heterocycles. The van der Waals surface area contributed by atoms with Crippen molar-refractivity contribution < 1.29 is 4.79 Å². The molecule has 1 aromatic heterocycles. The second-order valence-corrected chi connectivity index (χ2v) is 5.58. The Labute approximate surface area is 130 Å². The van der Waals surface area contributed by atoms with Crippen LogP contribution in [0.25, 0.3) is 10.9 Å². The number of carbonyl (C=O) groups excluding carboxylic acids is 1. The van der Waals surface area contributed by atoms with Crippen molar-refractivity contribution in [1.29, 1.82) is 0 Å². The first kappa shape index (κ1) is 13.1. The summed E-state index contributed by atoms with van der Waals surface area (Å²) in [5.41, 5.74) is 2.24. The van der Waals surface area contributed by atoms with E-state index < -0.39 is 0 Å². The van der Waals surface area contributed by atoms with Gasteiger partial charge in [-0.15, -0.1) is 0 Å². The first-order chi connectivity index (χ1) is 9.74. The molecule has 1 heterocycles. The molecule has 0 atom stereocenters. The Morgan fingerprint density at radius 1 is 1.00 bits per heavy atom. The van der Waals surface area contributed by atoms with Crippen LogP contribution in [0.4, 0.5) is 5.69 Å². The molecule has 3 rings (SSSR count). The van der Waals surface area contributed by atoms with Crippen molar-refractivity contribution in [2.45, 2.75) is 0 Å². The second-order valence-electron chi connectivity index (χ2n) is 4.34. The number of halogens is 1. The first-order valence-corrected chi connectivity index (χ1v) is 7.22. The van der Waals surface area contributed by atoms with Crippen molar-refractivity contribution in [2.75, 3.05) is 5.32 Å². The summed E-state index contributed by atoms with van der Waals surface area (Å²) >= 11 is 2.23. The summed E-state index contributed by atoms with van der Waals surface area (Å²) in [5, 5.41) is 3.77. The van der Waals surface area contributed by atoms with Crippen LogP contribution in [0.15, 0.2) is 60.8 Å². The van der Waals surface area contributed by atoms with E-state index in [1.165, 1.54) is 0 Å². The number of fused-ring (bicyclic) bond motifs is 1. The molecule has 0 bridgehead atoms. The van der Waals surface area contributed by atoms with E-state index in [2.05, 4.69) is 32.9 Å². The van der Waals surface area contributed by atoms with Gasteiger partial charge in [0.2, 0.25) is 0 Å². The number of pyridine rings is 1. The van der Waals surface area contributed by atoms with Crippen molar-refractivity contribution in [3.05, 3.63) is 69.9 Å². The molecule has 0 unspecified atom stereocenters. The number of amides is 1. The predicted molar refractivity (Wildman–Crippen MR) is 88.9 cm³/mol. The van der Waals surface area contributed by atoms with E-state index in [1.54, 1.807) is 6.20 Å².